The molecule has 0 aromatic heterocycles. The summed E-state index contributed by atoms with van der Waals surface area (Å²) in [6.07, 6.45) is 1.32. The van der Waals surface area contributed by atoms with E-state index < -0.39 is 12.5 Å². The molecule has 7 nitrogen and oxygen atoms in total. The van der Waals surface area contributed by atoms with Crippen LogP contribution in [0.4, 0.5) is 0 Å². The molecule has 4 rings (SSSR count). The Kier molecular flexibility index (Phi) is 4.21. The Labute approximate surface area is 171 Å². The van der Waals surface area contributed by atoms with Crippen LogP contribution in [0.5, 0.6) is 17.2 Å². The molecule has 1 fully saturated rings. The molecule has 7 heteroatoms. The van der Waals surface area contributed by atoms with Crippen LogP contribution < -0.4 is 14.2 Å². The monoisotopic (exact) mass is 400 g/mol. The lowest BCUT2D eigenvalue weighted by Gasteiger charge is -2.20. The van der Waals surface area contributed by atoms with Gasteiger partial charge in [-0.2, -0.15) is 0 Å². The maximum atomic E-state index is 12.1. The molecule has 0 unspecified atom stereocenters. The van der Waals surface area contributed by atoms with E-state index in [2.05, 4.69) is 0 Å². The zero-order valence-corrected chi connectivity index (χ0v) is 16.2. The zero-order chi connectivity index (χ0) is 22.2. The summed E-state index contributed by atoms with van der Waals surface area (Å²) >= 11 is 0. The topological polar surface area (TPSA) is 80.3 Å². The van der Waals surface area contributed by atoms with Gasteiger partial charge in [-0.05, 0) is 42.7 Å². The summed E-state index contributed by atoms with van der Waals surface area (Å²) in [6, 6.07) is 8.64. The van der Waals surface area contributed by atoms with E-state index >= 15 is 0 Å². The van der Waals surface area contributed by atoms with Crippen molar-refractivity contribution in [3.8, 4) is 28.4 Å². The standard InChI is InChI=1S/C22H22O7/c1-25-17-7-6-15(13-4-5-16-14(10-13)11-28-20(16)23)18(19(17)26-2)29-12-22(8-9-22)21(24)27-3/h4-7,10H,8-9,11-12H2,1-3H3/i1D2. The van der Waals surface area contributed by atoms with Crippen LogP contribution in [0.2, 0.25) is 0 Å². The molecule has 0 bridgehead atoms. The quantitative estimate of drug-likeness (QED) is 0.659. The number of cyclic esters (lactones) is 1. The van der Waals surface area contributed by atoms with Crippen molar-refractivity contribution >= 4 is 11.9 Å². The second-order valence-electron chi connectivity index (χ2n) is 7.10. The van der Waals surface area contributed by atoms with Crippen LogP contribution in [-0.4, -0.2) is 39.8 Å². The third-order valence-corrected chi connectivity index (χ3v) is 5.37. The van der Waals surface area contributed by atoms with E-state index in [4.69, 9.17) is 26.4 Å². The summed E-state index contributed by atoms with van der Waals surface area (Å²) in [4.78, 5) is 23.9. The molecule has 0 amide bonds. The first-order valence-electron chi connectivity index (χ1n) is 10.3. The Morgan fingerprint density at radius 2 is 1.93 bits per heavy atom. The highest BCUT2D eigenvalue weighted by atomic mass is 16.5. The van der Waals surface area contributed by atoms with Gasteiger partial charge in [0.05, 0.1) is 29.6 Å². The SMILES string of the molecule is [2H]C([2H])Oc1ccc(-c2ccc3c(c2)COC3=O)c(OCC2(C(=O)OC)CC2)c1OC. The first kappa shape index (κ1) is 16.7. The number of benzene rings is 2. The maximum Gasteiger partial charge on any atom is 0.338 e. The number of methoxy groups -OCH3 is 3. The van der Waals surface area contributed by atoms with Crippen molar-refractivity contribution in [2.24, 2.45) is 5.41 Å². The Bertz CT molecular complexity index is 1030. The lowest BCUT2D eigenvalue weighted by atomic mass is 9.99. The molecule has 29 heavy (non-hydrogen) atoms. The minimum absolute atomic E-state index is 0.0875. The van der Waals surface area contributed by atoms with Crippen LogP contribution in [0.15, 0.2) is 30.3 Å². The highest BCUT2D eigenvalue weighted by Gasteiger charge is 2.52. The average molecular weight is 400 g/mol. The van der Waals surface area contributed by atoms with Crippen molar-refractivity contribution < 1.29 is 36.0 Å². The van der Waals surface area contributed by atoms with Gasteiger partial charge in [-0.15, -0.1) is 0 Å². The molecule has 0 saturated heterocycles. The van der Waals surface area contributed by atoms with Gasteiger partial charge in [0.25, 0.3) is 0 Å². The van der Waals surface area contributed by atoms with Gasteiger partial charge in [-0.25, -0.2) is 4.79 Å². The molecular weight excluding hydrogens is 376 g/mol. The highest BCUT2D eigenvalue weighted by Crippen LogP contribution is 2.50. The summed E-state index contributed by atoms with van der Waals surface area (Å²) in [5, 5.41) is 0. The highest BCUT2D eigenvalue weighted by molar-refractivity contribution is 5.94. The van der Waals surface area contributed by atoms with Gasteiger partial charge in [-0.3, -0.25) is 4.79 Å². The third kappa shape index (κ3) is 3.26. The van der Waals surface area contributed by atoms with Crippen molar-refractivity contribution in [1.82, 2.24) is 0 Å². The number of esters is 2. The van der Waals surface area contributed by atoms with E-state index in [-0.39, 0.29) is 36.7 Å². The summed E-state index contributed by atoms with van der Waals surface area (Å²) in [6.45, 7) is 0.283. The molecule has 0 N–H and O–H groups in total. The van der Waals surface area contributed by atoms with Gasteiger partial charge in [0.15, 0.2) is 11.5 Å². The van der Waals surface area contributed by atoms with E-state index in [1.807, 2.05) is 6.07 Å². The third-order valence-electron chi connectivity index (χ3n) is 5.37. The summed E-state index contributed by atoms with van der Waals surface area (Å²) in [7, 11) is 1.23. The fraction of sp³-hybridized carbons (Fsp3) is 0.364. The second-order valence-corrected chi connectivity index (χ2v) is 7.10. The van der Waals surface area contributed by atoms with Crippen LogP contribution in [0.1, 0.15) is 31.5 Å². The molecule has 1 saturated carbocycles. The van der Waals surface area contributed by atoms with Gasteiger partial charge in [0, 0.05) is 11.1 Å². The lowest BCUT2D eigenvalue weighted by molar-refractivity contribution is -0.148. The fourth-order valence-electron chi connectivity index (χ4n) is 3.49. The normalized spacial score (nSPS) is 17.0. The van der Waals surface area contributed by atoms with Crippen LogP contribution in [-0.2, 0) is 20.9 Å². The van der Waals surface area contributed by atoms with Gasteiger partial charge < -0.3 is 23.7 Å². The van der Waals surface area contributed by atoms with Crippen LogP contribution in [0.3, 0.4) is 0 Å². The van der Waals surface area contributed by atoms with E-state index in [9.17, 15) is 9.59 Å². The Morgan fingerprint density at radius 1 is 1.14 bits per heavy atom. The first-order chi connectivity index (χ1) is 14.9. The molecule has 1 aliphatic heterocycles. The molecule has 0 atom stereocenters. The molecular formula is C22H22O7. The minimum Gasteiger partial charge on any atom is -0.493 e. The van der Waals surface area contributed by atoms with Gasteiger partial charge in [-0.1, -0.05) is 6.07 Å². The molecule has 152 valence electrons. The van der Waals surface area contributed by atoms with Crippen molar-refractivity contribution in [2.75, 3.05) is 27.9 Å². The lowest BCUT2D eigenvalue weighted by Crippen LogP contribution is -2.25. The van der Waals surface area contributed by atoms with Crippen molar-refractivity contribution in [3.05, 3.63) is 41.5 Å². The number of hydrogen-bond donors (Lipinski definition) is 0. The number of rotatable bonds is 7. The van der Waals surface area contributed by atoms with Crippen molar-refractivity contribution in [2.45, 2.75) is 19.4 Å². The number of hydrogen-bond acceptors (Lipinski definition) is 7. The molecule has 0 spiro atoms. The number of carbonyl (C=O) groups excluding carboxylic acids is 2. The Hall–Kier alpha value is -3.22. The van der Waals surface area contributed by atoms with E-state index in [1.165, 1.54) is 14.2 Å². The van der Waals surface area contributed by atoms with Gasteiger partial charge in [0.1, 0.15) is 18.6 Å². The number of carbonyl (C=O) groups is 2. The van der Waals surface area contributed by atoms with Crippen molar-refractivity contribution in [3.63, 3.8) is 0 Å². The molecule has 2 aromatic rings. The Balaban J connectivity index is 1.75. The predicted molar refractivity (Wildman–Crippen MR) is 103 cm³/mol. The summed E-state index contributed by atoms with van der Waals surface area (Å²) in [5.74, 6) is 0.0337. The zero-order valence-electron chi connectivity index (χ0n) is 18.2. The van der Waals surface area contributed by atoms with E-state index in [0.29, 0.717) is 29.7 Å². The number of ether oxygens (including phenoxy) is 5. The largest absolute Gasteiger partial charge is 0.493 e. The smallest absolute Gasteiger partial charge is 0.338 e. The summed E-state index contributed by atoms with van der Waals surface area (Å²) in [5.41, 5.74) is 2.00. The second kappa shape index (κ2) is 7.31. The molecule has 1 heterocycles. The van der Waals surface area contributed by atoms with Gasteiger partial charge in [0.2, 0.25) is 5.75 Å². The van der Waals surface area contributed by atoms with Gasteiger partial charge >= 0.3 is 11.9 Å². The predicted octanol–water partition coefficient (Wildman–Crippen LogP) is 3.37. The molecule has 1 aliphatic carbocycles. The number of fused-ring (bicyclic) bond motifs is 1. The van der Waals surface area contributed by atoms with Crippen LogP contribution >= 0.6 is 0 Å². The Morgan fingerprint density at radius 3 is 2.62 bits per heavy atom. The average Bonchev–Trinajstić information content (AvgIpc) is 3.47. The van der Waals surface area contributed by atoms with E-state index in [0.717, 1.165) is 11.1 Å². The minimum atomic E-state index is -1.56. The molecule has 2 aliphatic rings. The van der Waals surface area contributed by atoms with Crippen LogP contribution in [0.25, 0.3) is 11.1 Å². The van der Waals surface area contributed by atoms with Crippen molar-refractivity contribution in [1.29, 1.82) is 0 Å². The molecule has 0 radical (unpaired) electrons. The summed E-state index contributed by atoms with van der Waals surface area (Å²) < 4.78 is 41.7. The molecule has 2 aromatic carbocycles. The van der Waals surface area contributed by atoms with Crippen LogP contribution in [0, 0.1) is 5.41 Å². The fourth-order valence-corrected chi connectivity index (χ4v) is 3.49. The van der Waals surface area contributed by atoms with E-state index in [1.54, 1.807) is 24.3 Å². The maximum absolute atomic E-state index is 12.1. The first-order valence-corrected chi connectivity index (χ1v) is 9.12.